The van der Waals surface area contributed by atoms with Crippen LogP contribution in [-0.4, -0.2) is 22.8 Å². The third-order valence-corrected chi connectivity index (χ3v) is 6.59. The van der Waals surface area contributed by atoms with Crippen molar-refractivity contribution in [3.63, 3.8) is 0 Å². The van der Waals surface area contributed by atoms with Crippen LogP contribution in [-0.2, 0) is 10.3 Å². The van der Waals surface area contributed by atoms with Crippen LogP contribution in [0.25, 0.3) is 0 Å². The Morgan fingerprint density at radius 2 is 1.56 bits per heavy atom. The summed E-state index contributed by atoms with van der Waals surface area (Å²) in [6.07, 6.45) is 0.00568. The summed E-state index contributed by atoms with van der Waals surface area (Å²) in [5.74, 6) is -3.09. The molecule has 0 N–H and O–H groups in total. The van der Waals surface area contributed by atoms with E-state index in [4.69, 9.17) is 23.2 Å². The number of halogens is 5. The number of nitrogens with zero attached hydrogens (tertiary/aromatic N) is 3. The van der Waals surface area contributed by atoms with Crippen LogP contribution in [0.4, 0.5) is 13.2 Å². The van der Waals surface area contributed by atoms with E-state index in [-0.39, 0.29) is 10.0 Å². The van der Waals surface area contributed by atoms with Gasteiger partial charge in [-0.05, 0) is 67.2 Å². The van der Waals surface area contributed by atoms with Gasteiger partial charge in [-0.3, -0.25) is 4.79 Å². The highest BCUT2D eigenvalue weighted by molar-refractivity contribution is 6.31. The molecular formula is C25H20Cl2F3N3O. The Morgan fingerprint density at radius 1 is 1.00 bits per heavy atom. The van der Waals surface area contributed by atoms with Crippen LogP contribution in [0.1, 0.15) is 43.2 Å². The van der Waals surface area contributed by atoms with E-state index in [0.717, 1.165) is 30.3 Å². The number of carbonyl (C=O) groups excluding carboxylic acids is 1. The average molecular weight is 506 g/mol. The molecule has 2 aliphatic rings. The molecular weight excluding hydrogens is 486 g/mol. The number of rotatable bonds is 3. The second-order valence-corrected chi connectivity index (χ2v) is 9.20. The van der Waals surface area contributed by atoms with Crippen LogP contribution in [0.15, 0.2) is 65.3 Å². The van der Waals surface area contributed by atoms with E-state index in [1.165, 1.54) is 12.1 Å². The number of hydrogen-bond acceptors (Lipinski definition) is 3. The average Bonchev–Trinajstić information content (AvgIpc) is 2.80. The smallest absolute Gasteiger partial charge is 0.271 e. The lowest BCUT2D eigenvalue weighted by molar-refractivity contribution is -0.145. The van der Waals surface area contributed by atoms with Crippen LogP contribution in [0.2, 0.25) is 10.0 Å². The van der Waals surface area contributed by atoms with E-state index in [1.807, 2.05) is 0 Å². The fourth-order valence-electron chi connectivity index (χ4n) is 4.53. The van der Waals surface area contributed by atoms with Crippen LogP contribution in [0.3, 0.4) is 0 Å². The second-order valence-electron chi connectivity index (χ2n) is 8.32. The largest absolute Gasteiger partial charge is 0.414 e. The highest BCUT2D eigenvalue weighted by Crippen LogP contribution is 2.48. The first-order valence-electron chi connectivity index (χ1n) is 10.8. The van der Waals surface area contributed by atoms with E-state index < -0.39 is 29.1 Å². The Hall–Kier alpha value is -2.82. The molecule has 4 rings (SSSR count). The number of nitriles is 1. The summed E-state index contributed by atoms with van der Waals surface area (Å²) in [5.41, 5.74) is -1.74. The molecule has 0 spiro atoms. The van der Waals surface area contributed by atoms with Gasteiger partial charge in [0.15, 0.2) is 5.92 Å². The lowest BCUT2D eigenvalue weighted by atomic mass is 9.75. The summed E-state index contributed by atoms with van der Waals surface area (Å²) in [6, 6.07) is 14.1. The number of amides is 1. The molecule has 2 aromatic carbocycles. The Bertz CT molecular complexity index is 1160. The van der Waals surface area contributed by atoms with Gasteiger partial charge in [0.05, 0.1) is 11.6 Å². The van der Waals surface area contributed by atoms with Gasteiger partial charge in [0.2, 0.25) is 0 Å². The molecule has 0 saturated heterocycles. The number of hydrazone groups is 1. The van der Waals surface area contributed by atoms with Crippen LogP contribution < -0.4 is 0 Å². The van der Waals surface area contributed by atoms with Gasteiger partial charge < -0.3 is 0 Å². The molecule has 1 amide bonds. The minimum atomic E-state index is -4.91. The number of alkyl halides is 3. The molecule has 176 valence electrons. The molecule has 1 aliphatic heterocycles. The van der Waals surface area contributed by atoms with Crippen molar-refractivity contribution in [2.45, 2.75) is 43.8 Å². The molecule has 0 bridgehead atoms. The van der Waals surface area contributed by atoms with Gasteiger partial charge in [0.25, 0.3) is 5.91 Å². The molecule has 0 radical (unpaired) electrons. The third kappa shape index (κ3) is 4.45. The summed E-state index contributed by atoms with van der Waals surface area (Å²) in [4.78, 5) is 13.6. The van der Waals surface area contributed by atoms with Crippen molar-refractivity contribution in [2.75, 3.05) is 0 Å². The zero-order valence-corrected chi connectivity index (χ0v) is 19.5. The first kappa shape index (κ1) is 24.3. The van der Waals surface area contributed by atoms with Gasteiger partial charge in [0, 0.05) is 15.8 Å². The maximum atomic E-state index is 14.2. The van der Waals surface area contributed by atoms with Gasteiger partial charge >= 0.3 is 6.18 Å². The second kappa shape index (κ2) is 9.44. The quantitative estimate of drug-likeness (QED) is 0.420. The fraction of sp³-hybridized carbons (Fsp3) is 0.320. The molecule has 1 atom stereocenters. The van der Waals surface area contributed by atoms with Gasteiger partial charge in [-0.2, -0.15) is 23.5 Å². The van der Waals surface area contributed by atoms with Crippen molar-refractivity contribution >= 4 is 34.8 Å². The first-order valence-corrected chi connectivity index (χ1v) is 11.5. The van der Waals surface area contributed by atoms with Crippen molar-refractivity contribution in [2.24, 2.45) is 11.0 Å². The molecule has 1 saturated carbocycles. The molecule has 1 heterocycles. The standard InChI is InChI=1S/C25H20Cl2F3N3O/c26-18-8-4-6-16(12-18)24(17-7-5-9-19(27)13-17)14-22(25(28,29)30)21(15-31)23(34)33(24)32-20-10-2-1-3-11-20/h4-9,12-14,21H,1-3,10-11H2. The van der Waals surface area contributed by atoms with E-state index in [9.17, 15) is 23.2 Å². The predicted octanol–water partition coefficient (Wildman–Crippen LogP) is 7.03. The highest BCUT2D eigenvalue weighted by atomic mass is 35.5. The summed E-state index contributed by atoms with van der Waals surface area (Å²) in [5, 5.41) is 15.8. The highest BCUT2D eigenvalue weighted by Gasteiger charge is 2.55. The van der Waals surface area contributed by atoms with Crippen LogP contribution in [0.5, 0.6) is 0 Å². The zero-order valence-electron chi connectivity index (χ0n) is 17.9. The molecule has 4 nitrogen and oxygen atoms in total. The number of benzene rings is 2. The molecule has 1 unspecified atom stereocenters. The number of carbonyl (C=O) groups is 1. The maximum absolute atomic E-state index is 14.2. The van der Waals surface area contributed by atoms with Gasteiger partial charge in [0.1, 0.15) is 5.54 Å². The van der Waals surface area contributed by atoms with E-state index >= 15 is 0 Å². The Kier molecular flexibility index (Phi) is 6.75. The predicted molar refractivity (Wildman–Crippen MR) is 124 cm³/mol. The Labute approximate surface area is 205 Å². The summed E-state index contributed by atoms with van der Waals surface area (Å²) in [6.45, 7) is 0. The molecule has 0 aromatic heterocycles. The lowest BCUT2D eigenvalue weighted by Crippen LogP contribution is -2.53. The van der Waals surface area contributed by atoms with Crippen molar-refractivity contribution < 1.29 is 18.0 Å². The van der Waals surface area contributed by atoms with Gasteiger partial charge in [-0.25, -0.2) is 5.01 Å². The van der Waals surface area contributed by atoms with Gasteiger partial charge in [-0.15, -0.1) is 0 Å². The van der Waals surface area contributed by atoms with E-state index in [1.54, 1.807) is 42.5 Å². The lowest BCUT2D eigenvalue weighted by Gasteiger charge is -2.45. The molecule has 1 fully saturated rings. The summed E-state index contributed by atoms with van der Waals surface area (Å²) < 4.78 is 42.6. The summed E-state index contributed by atoms with van der Waals surface area (Å²) >= 11 is 12.5. The Balaban J connectivity index is 2.11. The summed E-state index contributed by atoms with van der Waals surface area (Å²) in [7, 11) is 0. The minimum absolute atomic E-state index is 0.279. The number of hydrogen-bond donors (Lipinski definition) is 0. The monoisotopic (exact) mass is 505 g/mol. The van der Waals surface area contributed by atoms with Crippen molar-refractivity contribution in [1.29, 1.82) is 5.26 Å². The Morgan fingerprint density at radius 3 is 2.03 bits per heavy atom. The maximum Gasteiger partial charge on any atom is 0.414 e. The normalized spacial score (nSPS) is 20.5. The molecule has 2 aromatic rings. The van der Waals surface area contributed by atoms with Crippen molar-refractivity contribution in [3.8, 4) is 6.07 Å². The molecule has 34 heavy (non-hydrogen) atoms. The SMILES string of the molecule is N#CC1C(=O)N(N=C2CCCCC2)C(c2cccc(Cl)c2)(c2cccc(Cl)c2)C=C1C(F)(F)F. The topological polar surface area (TPSA) is 56.5 Å². The van der Waals surface area contributed by atoms with Gasteiger partial charge in [-0.1, -0.05) is 53.9 Å². The van der Waals surface area contributed by atoms with Crippen molar-refractivity contribution in [1.82, 2.24) is 5.01 Å². The first-order chi connectivity index (χ1) is 16.2. The van der Waals surface area contributed by atoms with Crippen molar-refractivity contribution in [3.05, 3.63) is 81.4 Å². The molecule has 9 heteroatoms. The fourth-order valence-corrected chi connectivity index (χ4v) is 4.91. The van der Waals surface area contributed by atoms with Crippen LogP contribution >= 0.6 is 23.2 Å². The van der Waals surface area contributed by atoms with E-state index in [2.05, 4.69) is 5.10 Å². The van der Waals surface area contributed by atoms with E-state index in [0.29, 0.717) is 29.7 Å². The van der Waals surface area contributed by atoms with Crippen LogP contribution in [0, 0.1) is 17.2 Å². The molecule has 1 aliphatic carbocycles. The third-order valence-electron chi connectivity index (χ3n) is 6.12. The minimum Gasteiger partial charge on any atom is -0.271 e. The zero-order chi connectivity index (χ0) is 24.5.